The number of benzene rings is 1. The highest BCUT2D eigenvalue weighted by molar-refractivity contribution is 5.96. The van der Waals surface area contributed by atoms with Gasteiger partial charge in [-0.1, -0.05) is 6.92 Å². The summed E-state index contributed by atoms with van der Waals surface area (Å²) in [6, 6.07) is 4.37. The van der Waals surface area contributed by atoms with Crippen LogP contribution >= 0.6 is 0 Å². The number of nitrogens with one attached hydrogen (secondary N) is 4. The summed E-state index contributed by atoms with van der Waals surface area (Å²) >= 11 is 0. The zero-order valence-corrected chi connectivity index (χ0v) is 29.5. The number of nitrogens with zero attached hydrogens (tertiary/aromatic N) is 3. The zero-order chi connectivity index (χ0) is 38.5. The van der Waals surface area contributed by atoms with Crippen LogP contribution < -0.4 is 32.6 Å². The maximum atomic E-state index is 15.3. The topological polar surface area (TPSA) is 240 Å². The van der Waals surface area contributed by atoms with E-state index in [1.807, 2.05) is 0 Å². The fourth-order valence-corrected chi connectivity index (χ4v) is 7.75. The first-order chi connectivity index (χ1) is 25.8. The molecule has 3 aromatic heterocycles. The summed E-state index contributed by atoms with van der Waals surface area (Å²) in [6.45, 7) is 3.81. The van der Waals surface area contributed by atoms with Gasteiger partial charge in [-0.2, -0.15) is 0 Å². The first kappa shape index (κ1) is 36.4. The van der Waals surface area contributed by atoms with Gasteiger partial charge in [0.1, 0.15) is 18.5 Å². The van der Waals surface area contributed by atoms with Crippen LogP contribution in [0.25, 0.3) is 22.3 Å². The number of rotatable bonds is 11. The molecule has 17 heteroatoms. The number of carbonyl (C=O) groups excluding carboxylic acids is 3. The van der Waals surface area contributed by atoms with Gasteiger partial charge >= 0.3 is 18.1 Å². The van der Waals surface area contributed by atoms with Crippen molar-refractivity contribution in [3.8, 4) is 11.4 Å². The predicted octanol–water partition coefficient (Wildman–Crippen LogP) is 2.72. The number of cyclic esters (lactones) is 1. The summed E-state index contributed by atoms with van der Waals surface area (Å²) in [6.07, 6.45) is 1.72. The average Bonchev–Trinajstić information content (AvgIpc) is 3.51. The lowest BCUT2D eigenvalue weighted by Gasteiger charge is -2.31. The third-order valence-electron chi connectivity index (χ3n) is 10.6. The first-order valence-electron chi connectivity index (χ1n) is 17.6. The van der Waals surface area contributed by atoms with E-state index in [-0.39, 0.29) is 61.1 Å². The minimum Gasteiger partial charge on any atom is -0.465 e. The smallest absolute Gasteiger partial charge is 0.405 e. The number of aromatic nitrogens is 3. The molecule has 1 unspecified atom stereocenters. The fourth-order valence-electron chi connectivity index (χ4n) is 7.75. The Balaban J connectivity index is 1.15. The molecule has 0 radical (unpaired) electrons. The van der Waals surface area contributed by atoms with Gasteiger partial charge in [0.15, 0.2) is 5.60 Å². The Morgan fingerprint density at radius 3 is 2.69 bits per heavy atom. The molecule has 4 aromatic rings. The second-order valence-electron chi connectivity index (χ2n) is 13.7. The van der Waals surface area contributed by atoms with Gasteiger partial charge in [-0.15, -0.1) is 0 Å². The standard InChI is InChI=1S/C37H39FN8O8/c1-3-37(53)23-11-28-31-21(15-46(28)33(48)22(23)16-54-34(37)49)30-25(9-8-20-17(2)24(38)12-27(44-31)29(20)30)42-13-18-6-7-19(14-41-18)43-32(47)26(45-36(51)52)5-4-10-40-35(39)50/h6-7,11-12,14,25-26,42,45,53H,3-5,8-10,13,15-16H2,1-2H3,(H,43,47)(H,51,52)(H3,39,40,50)/t25-,26?,37-/m0/s1. The molecule has 0 bridgehead atoms. The molecule has 0 spiro atoms. The molecule has 0 saturated carbocycles. The van der Waals surface area contributed by atoms with Crippen LogP contribution in [0.4, 0.5) is 19.7 Å². The van der Waals surface area contributed by atoms with Crippen molar-refractivity contribution >= 4 is 40.6 Å². The number of esters is 1. The normalized spacial score (nSPS) is 18.6. The van der Waals surface area contributed by atoms with Gasteiger partial charge in [-0.25, -0.2) is 23.8 Å². The number of amides is 4. The third-order valence-corrected chi connectivity index (χ3v) is 10.6. The number of urea groups is 1. The SMILES string of the molecule is CC[C@@]1(O)C(=O)OCc2c1cc1n(c2=O)Cc2c-1nc1cc(F)c(C)c3c1c2[C@@H](NCc1ccc(NC(=O)C(CCCNC(N)=O)NC(=O)O)cn1)CC3. The number of halogens is 1. The van der Waals surface area contributed by atoms with Gasteiger partial charge in [0, 0.05) is 41.7 Å². The van der Waals surface area contributed by atoms with Crippen molar-refractivity contribution in [1.29, 1.82) is 0 Å². The lowest BCUT2D eigenvalue weighted by Crippen LogP contribution is -2.44. The van der Waals surface area contributed by atoms with Crippen LogP contribution in [0.2, 0.25) is 0 Å². The van der Waals surface area contributed by atoms with Gasteiger partial charge in [0.25, 0.3) is 5.56 Å². The lowest BCUT2D eigenvalue weighted by molar-refractivity contribution is -0.172. The van der Waals surface area contributed by atoms with Gasteiger partial charge in [-0.05, 0) is 73.9 Å². The maximum absolute atomic E-state index is 15.3. The van der Waals surface area contributed by atoms with Crippen LogP contribution in [-0.4, -0.2) is 61.3 Å². The molecule has 3 aliphatic rings. The molecule has 4 amide bonds. The van der Waals surface area contributed by atoms with Crippen molar-refractivity contribution in [2.75, 3.05) is 11.9 Å². The van der Waals surface area contributed by atoms with Gasteiger partial charge < -0.3 is 46.5 Å². The van der Waals surface area contributed by atoms with E-state index in [1.165, 1.54) is 12.3 Å². The van der Waals surface area contributed by atoms with Crippen molar-refractivity contribution in [3.05, 3.63) is 85.7 Å². The number of ether oxygens (including phenoxy) is 1. The van der Waals surface area contributed by atoms with Crippen molar-refractivity contribution < 1.29 is 38.5 Å². The van der Waals surface area contributed by atoms with Crippen LogP contribution in [0.3, 0.4) is 0 Å². The molecule has 282 valence electrons. The summed E-state index contributed by atoms with van der Waals surface area (Å²) < 4.78 is 22.1. The number of hydrogen-bond donors (Lipinski definition) is 7. The minimum absolute atomic E-state index is 0.00621. The number of fused-ring (bicyclic) bond motifs is 5. The quantitative estimate of drug-likeness (QED) is 0.0767. The van der Waals surface area contributed by atoms with Crippen molar-refractivity contribution in [1.82, 2.24) is 30.5 Å². The number of primary amides is 1. The van der Waals surface area contributed by atoms with Crippen LogP contribution in [0.5, 0.6) is 0 Å². The highest BCUT2D eigenvalue weighted by Gasteiger charge is 2.46. The van der Waals surface area contributed by atoms with E-state index in [2.05, 4.69) is 26.3 Å². The number of aliphatic hydroxyl groups is 1. The van der Waals surface area contributed by atoms with Crippen LogP contribution in [0.15, 0.2) is 35.3 Å². The van der Waals surface area contributed by atoms with Crippen molar-refractivity contribution in [2.45, 2.75) is 83.3 Å². The molecule has 7 rings (SSSR count). The van der Waals surface area contributed by atoms with E-state index < -0.39 is 35.6 Å². The summed E-state index contributed by atoms with van der Waals surface area (Å²) in [5, 5.41) is 32.2. The Morgan fingerprint density at radius 1 is 1.19 bits per heavy atom. The van der Waals surface area contributed by atoms with Crippen molar-refractivity contribution in [2.24, 2.45) is 5.73 Å². The highest BCUT2D eigenvalue weighted by atomic mass is 19.1. The van der Waals surface area contributed by atoms with E-state index in [1.54, 1.807) is 36.6 Å². The molecule has 1 aromatic carbocycles. The average molecular weight is 743 g/mol. The molecule has 2 aliphatic heterocycles. The van der Waals surface area contributed by atoms with Gasteiger partial charge in [0.2, 0.25) is 5.91 Å². The third kappa shape index (κ3) is 6.38. The lowest BCUT2D eigenvalue weighted by atomic mass is 9.81. The monoisotopic (exact) mass is 742 g/mol. The molecule has 8 N–H and O–H groups in total. The minimum atomic E-state index is -1.98. The van der Waals surface area contributed by atoms with E-state index in [0.29, 0.717) is 59.7 Å². The number of pyridine rings is 3. The first-order valence-corrected chi connectivity index (χ1v) is 17.6. The summed E-state index contributed by atoms with van der Waals surface area (Å²) in [4.78, 5) is 71.0. The number of anilines is 1. The number of carboxylic acid groups (broad SMARTS) is 1. The number of carbonyl (C=O) groups is 4. The molecule has 3 atom stereocenters. The highest BCUT2D eigenvalue weighted by Crippen LogP contribution is 2.46. The number of aryl methyl sites for hydroxylation is 1. The largest absolute Gasteiger partial charge is 0.465 e. The molecule has 0 fully saturated rings. The Labute approximate surface area is 307 Å². The molecule has 5 heterocycles. The fraction of sp³-hybridized carbons (Fsp3) is 0.378. The Morgan fingerprint density at radius 2 is 1.98 bits per heavy atom. The summed E-state index contributed by atoms with van der Waals surface area (Å²) in [7, 11) is 0. The molecule has 0 saturated heterocycles. The molecule has 54 heavy (non-hydrogen) atoms. The van der Waals surface area contributed by atoms with Crippen molar-refractivity contribution in [3.63, 3.8) is 0 Å². The van der Waals surface area contributed by atoms with E-state index in [4.69, 9.17) is 15.5 Å². The van der Waals surface area contributed by atoms with Gasteiger partial charge in [0.05, 0.1) is 46.6 Å². The van der Waals surface area contributed by atoms with Crippen LogP contribution in [0.1, 0.15) is 77.7 Å². The Bertz CT molecular complexity index is 2300. The second-order valence-corrected chi connectivity index (χ2v) is 13.7. The Hall–Kier alpha value is -5.94. The number of hydrogen-bond acceptors (Lipinski definition) is 10. The van der Waals surface area contributed by atoms with Crippen LogP contribution in [-0.2, 0) is 46.0 Å². The Kier molecular flexibility index (Phi) is 9.53. The van der Waals surface area contributed by atoms with E-state index >= 15 is 4.39 Å². The maximum Gasteiger partial charge on any atom is 0.405 e. The second kappa shape index (κ2) is 14.1. The van der Waals surface area contributed by atoms with E-state index in [9.17, 15) is 34.2 Å². The van der Waals surface area contributed by atoms with Crippen LogP contribution in [0, 0.1) is 12.7 Å². The molecule has 16 nitrogen and oxygen atoms in total. The summed E-state index contributed by atoms with van der Waals surface area (Å²) in [5.74, 6) is -1.79. The van der Waals surface area contributed by atoms with Gasteiger partial charge in [-0.3, -0.25) is 14.6 Å². The molecular formula is C37H39FN8O8. The number of nitrogens with two attached hydrogens (primary N) is 1. The zero-order valence-electron chi connectivity index (χ0n) is 29.5. The summed E-state index contributed by atoms with van der Waals surface area (Å²) in [5.41, 5.74) is 8.52. The molecular weight excluding hydrogens is 703 g/mol. The van der Waals surface area contributed by atoms with E-state index in [0.717, 1.165) is 22.1 Å². The molecule has 1 aliphatic carbocycles. The predicted molar refractivity (Wildman–Crippen MR) is 192 cm³/mol.